The molecule has 4 heteroatoms. The highest BCUT2D eigenvalue weighted by Gasteiger charge is 2.20. The molecule has 0 atom stereocenters. The van der Waals surface area contributed by atoms with Crippen LogP contribution in [0.2, 0.25) is 0 Å². The Kier molecular flexibility index (Phi) is 9.09. The fourth-order valence-corrected chi connectivity index (χ4v) is 2.66. The lowest BCUT2D eigenvalue weighted by atomic mass is 10.0. The van der Waals surface area contributed by atoms with Crippen LogP contribution in [0.1, 0.15) is 51.8 Å². The Bertz CT molecular complexity index is 421. The molecule has 0 amide bonds. The summed E-state index contributed by atoms with van der Waals surface area (Å²) >= 11 is 0. The highest BCUT2D eigenvalue weighted by Crippen LogP contribution is 2.27. The van der Waals surface area contributed by atoms with Crippen molar-refractivity contribution in [1.29, 1.82) is 0 Å². The molecule has 0 aliphatic carbocycles. The fraction of sp³-hybridized carbons (Fsp3) is 0.722. The van der Waals surface area contributed by atoms with Gasteiger partial charge < -0.3 is 10.1 Å². The first-order valence-corrected chi connectivity index (χ1v) is 8.71. The van der Waals surface area contributed by atoms with Crippen molar-refractivity contribution in [2.45, 2.75) is 59.6 Å². The van der Waals surface area contributed by atoms with E-state index in [0.29, 0.717) is 0 Å². The molecule has 0 fully saturated rings. The molecule has 4 nitrogen and oxygen atoms in total. The van der Waals surface area contributed by atoms with Crippen molar-refractivity contribution in [2.24, 2.45) is 0 Å². The molecule has 0 bridgehead atoms. The Labute approximate surface area is 136 Å². The lowest BCUT2D eigenvalue weighted by Crippen LogP contribution is -2.32. The van der Waals surface area contributed by atoms with Gasteiger partial charge in [-0.1, -0.05) is 13.8 Å². The Morgan fingerprint density at radius 3 is 2.77 bits per heavy atom. The molecule has 0 saturated heterocycles. The summed E-state index contributed by atoms with van der Waals surface area (Å²) in [7, 11) is 2.01. The fourth-order valence-electron chi connectivity index (χ4n) is 2.66. The van der Waals surface area contributed by atoms with Crippen molar-refractivity contribution in [3.63, 3.8) is 0 Å². The van der Waals surface area contributed by atoms with Crippen LogP contribution < -0.4 is 10.1 Å². The molecule has 0 radical (unpaired) electrons. The lowest BCUT2D eigenvalue weighted by molar-refractivity contribution is 0.215. The second-order valence-electron chi connectivity index (χ2n) is 5.74. The van der Waals surface area contributed by atoms with Crippen molar-refractivity contribution >= 4 is 0 Å². The van der Waals surface area contributed by atoms with Gasteiger partial charge in [0.15, 0.2) is 0 Å². The summed E-state index contributed by atoms with van der Waals surface area (Å²) in [6, 6.07) is 2.00. The Morgan fingerprint density at radius 2 is 2.09 bits per heavy atom. The summed E-state index contributed by atoms with van der Waals surface area (Å²) in [6.45, 7) is 12.5. The first-order valence-electron chi connectivity index (χ1n) is 8.71. The standard InChI is InChI=1S/C16H27N3O.C2H6/c1-13(2)20-16-6-9-18-15-7-11-19(12-14(15)16)10-5-4-8-17-3;1-2/h6,9,13,17H,4-5,7-8,10-12H2,1-3H3;1-2H3. The van der Waals surface area contributed by atoms with Gasteiger partial charge in [0.1, 0.15) is 5.75 Å². The van der Waals surface area contributed by atoms with Gasteiger partial charge in [0, 0.05) is 37.0 Å². The van der Waals surface area contributed by atoms with E-state index in [1.165, 1.54) is 24.1 Å². The predicted molar refractivity (Wildman–Crippen MR) is 93.5 cm³/mol. The molecule has 0 spiro atoms. The summed E-state index contributed by atoms with van der Waals surface area (Å²) in [4.78, 5) is 7.04. The molecular weight excluding hydrogens is 274 g/mol. The zero-order valence-electron chi connectivity index (χ0n) is 15.0. The zero-order chi connectivity index (χ0) is 16.4. The third kappa shape index (κ3) is 5.93. The number of nitrogens with one attached hydrogen (secondary N) is 1. The predicted octanol–water partition coefficient (Wildman–Crippen LogP) is 3.25. The first kappa shape index (κ1) is 18.9. The molecule has 1 N–H and O–H groups in total. The average Bonchev–Trinajstić information content (AvgIpc) is 2.53. The van der Waals surface area contributed by atoms with Gasteiger partial charge in [0.05, 0.1) is 6.10 Å². The number of pyridine rings is 1. The van der Waals surface area contributed by atoms with Crippen molar-refractivity contribution in [3.05, 3.63) is 23.5 Å². The maximum absolute atomic E-state index is 5.93. The molecule has 2 rings (SSSR count). The van der Waals surface area contributed by atoms with Crippen molar-refractivity contribution < 1.29 is 4.74 Å². The van der Waals surface area contributed by atoms with E-state index in [9.17, 15) is 0 Å². The van der Waals surface area contributed by atoms with Crippen LogP contribution >= 0.6 is 0 Å². The van der Waals surface area contributed by atoms with Crippen LogP contribution in [-0.4, -0.2) is 42.7 Å². The Balaban J connectivity index is 0.00000116. The average molecular weight is 307 g/mol. The highest BCUT2D eigenvalue weighted by molar-refractivity contribution is 5.37. The molecule has 22 heavy (non-hydrogen) atoms. The highest BCUT2D eigenvalue weighted by atomic mass is 16.5. The van der Waals surface area contributed by atoms with E-state index in [1.54, 1.807) is 0 Å². The largest absolute Gasteiger partial charge is 0.491 e. The molecule has 1 aromatic rings. The second-order valence-corrected chi connectivity index (χ2v) is 5.74. The number of hydrogen-bond donors (Lipinski definition) is 1. The van der Waals surface area contributed by atoms with Crippen LogP contribution in [0.3, 0.4) is 0 Å². The number of ether oxygens (including phenoxy) is 1. The Morgan fingerprint density at radius 1 is 1.32 bits per heavy atom. The minimum absolute atomic E-state index is 0.215. The minimum atomic E-state index is 0.215. The molecule has 0 aromatic carbocycles. The van der Waals surface area contributed by atoms with E-state index >= 15 is 0 Å². The van der Waals surface area contributed by atoms with Crippen molar-refractivity contribution in [1.82, 2.24) is 15.2 Å². The van der Waals surface area contributed by atoms with Crippen LogP contribution in [0.4, 0.5) is 0 Å². The molecule has 126 valence electrons. The molecule has 1 aliphatic rings. The summed E-state index contributed by atoms with van der Waals surface area (Å²) in [5.74, 6) is 1.02. The van der Waals surface area contributed by atoms with Crippen LogP contribution in [0, 0.1) is 0 Å². The van der Waals surface area contributed by atoms with Crippen LogP contribution in [-0.2, 0) is 13.0 Å². The van der Waals surface area contributed by atoms with E-state index in [0.717, 1.165) is 38.3 Å². The minimum Gasteiger partial charge on any atom is -0.491 e. The molecule has 1 aliphatic heterocycles. The van der Waals surface area contributed by atoms with E-state index in [-0.39, 0.29) is 6.10 Å². The third-order valence-corrected chi connectivity index (χ3v) is 3.66. The van der Waals surface area contributed by atoms with Crippen LogP contribution in [0.15, 0.2) is 12.3 Å². The molecular formula is C18H33N3O. The van der Waals surface area contributed by atoms with E-state index in [2.05, 4.69) is 29.0 Å². The number of unbranched alkanes of at least 4 members (excludes halogenated alkanes) is 1. The van der Waals surface area contributed by atoms with Gasteiger partial charge in [-0.15, -0.1) is 0 Å². The summed E-state index contributed by atoms with van der Waals surface area (Å²) < 4.78 is 5.93. The number of aromatic nitrogens is 1. The zero-order valence-corrected chi connectivity index (χ0v) is 15.0. The van der Waals surface area contributed by atoms with Gasteiger partial charge in [0.25, 0.3) is 0 Å². The first-order chi connectivity index (χ1) is 10.7. The molecule has 0 saturated carbocycles. The van der Waals surface area contributed by atoms with E-state index in [4.69, 9.17) is 4.74 Å². The van der Waals surface area contributed by atoms with Crippen LogP contribution in [0.25, 0.3) is 0 Å². The number of rotatable bonds is 7. The van der Waals surface area contributed by atoms with E-state index < -0.39 is 0 Å². The van der Waals surface area contributed by atoms with Gasteiger partial charge in [-0.05, 0) is 52.9 Å². The monoisotopic (exact) mass is 307 g/mol. The van der Waals surface area contributed by atoms with Gasteiger partial charge in [-0.3, -0.25) is 9.88 Å². The number of nitrogens with zero attached hydrogens (tertiary/aromatic N) is 2. The third-order valence-electron chi connectivity index (χ3n) is 3.66. The number of hydrogen-bond acceptors (Lipinski definition) is 4. The smallest absolute Gasteiger partial charge is 0.127 e. The topological polar surface area (TPSA) is 37.4 Å². The summed E-state index contributed by atoms with van der Waals surface area (Å²) in [5.41, 5.74) is 2.51. The van der Waals surface area contributed by atoms with Gasteiger partial charge >= 0.3 is 0 Å². The molecule has 1 aromatic heterocycles. The quantitative estimate of drug-likeness (QED) is 0.785. The molecule has 0 unspecified atom stereocenters. The maximum Gasteiger partial charge on any atom is 0.127 e. The Hall–Kier alpha value is -1.13. The SMILES string of the molecule is CC.CNCCCCN1CCc2nccc(OC(C)C)c2C1. The summed E-state index contributed by atoms with van der Waals surface area (Å²) in [5, 5.41) is 3.20. The van der Waals surface area contributed by atoms with E-state index in [1.807, 2.05) is 33.2 Å². The van der Waals surface area contributed by atoms with Crippen LogP contribution in [0.5, 0.6) is 5.75 Å². The second kappa shape index (κ2) is 10.6. The van der Waals surface area contributed by atoms with Crippen molar-refractivity contribution in [3.8, 4) is 5.75 Å². The normalized spacial score (nSPS) is 14.3. The van der Waals surface area contributed by atoms with Gasteiger partial charge in [0.2, 0.25) is 0 Å². The number of fused-ring (bicyclic) bond motifs is 1. The summed E-state index contributed by atoms with van der Waals surface area (Å²) in [6.07, 6.45) is 5.61. The molecule has 2 heterocycles. The van der Waals surface area contributed by atoms with Gasteiger partial charge in [-0.2, -0.15) is 0 Å². The maximum atomic E-state index is 5.93. The lowest BCUT2D eigenvalue weighted by Gasteiger charge is -2.29. The van der Waals surface area contributed by atoms with Gasteiger partial charge in [-0.25, -0.2) is 0 Å². The van der Waals surface area contributed by atoms with Crippen molar-refractivity contribution in [2.75, 3.05) is 26.7 Å².